The van der Waals surface area contributed by atoms with Gasteiger partial charge in [-0.05, 0) is 52.3 Å². The molecule has 0 bridgehead atoms. The van der Waals surface area contributed by atoms with Crippen LogP contribution in [0.1, 0.15) is 40.2 Å². The predicted octanol–water partition coefficient (Wildman–Crippen LogP) is 3.66. The molecule has 0 aromatic heterocycles. The molecule has 0 heterocycles. The van der Waals surface area contributed by atoms with Gasteiger partial charge >= 0.3 is 0 Å². The lowest BCUT2D eigenvalue weighted by molar-refractivity contribution is 0.369. The van der Waals surface area contributed by atoms with Gasteiger partial charge in [-0.25, -0.2) is 0 Å². The molecule has 1 aromatic carbocycles. The summed E-state index contributed by atoms with van der Waals surface area (Å²) >= 11 is 3.47. The van der Waals surface area contributed by atoms with Gasteiger partial charge in [-0.15, -0.1) is 0 Å². The van der Waals surface area contributed by atoms with E-state index in [0.29, 0.717) is 0 Å². The average Bonchev–Trinajstić information content (AvgIpc) is 2.24. The number of hydrogen-bond donors (Lipinski definition) is 2. The molecule has 0 amide bonds. The van der Waals surface area contributed by atoms with Crippen molar-refractivity contribution in [1.82, 2.24) is 10.6 Å². The third-order valence-corrected chi connectivity index (χ3v) is 3.44. The Kier molecular flexibility index (Phi) is 5.38. The summed E-state index contributed by atoms with van der Waals surface area (Å²) in [7, 11) is 0. The van der Waals surface area contributed by atoms with Crippen LogP contribution in [0.4, 0.5) is 0 Å². The first-order valence-electron chi connectivity index (χ1n) is 6.47. The van der Waals surface area contributed by atoms with Gasteiger partial charge in [0.05, 0.1) is 0 Å². The van der Waals surface area contributed by atoms with Crippen LogP contribution in [-0.2, 0) is 5.54 Å². The van der Waals surface area contributed by atoms with Gasteiger partial charge < -0.3 is 10.6 Å². The molecule has 2 N–H and O–H groups in total. The third kappa shape index (κ3) is 5.51. The van der Waals surface area contributed by atoms with E-state index >= 15 is 0 Å². The SMILES string of the molecule is CC(C)(C)NCCNC(C)(C)c1ccc(Br)cc1. The first-order chi connectivity index (χ1) is 8.21. The molecular weight excluding hydrogens is 288 g/mol. The Hall–Kier alpha value is -0.380. The molecule has 0 aliphatic rings. The van der Waals surface area contributed by atoms with Crippen LogP contribution in [0.15, 0.2) is 28.7 Å². The van der Waals surface area contributed by atoms with Crippen LogP contribution in [0.2, 0.25) is 0 Å². The largest absolute Gasteiger partial charge is 0.311 e. The van der Waals surface area contributed by atoms with E-state index in [1.807, 2.05) is 0 Å². The van der Waals surface area contributed by atoms with Crippen LogP contribution in [0.5, 0.6) is 0 Å². The smallest absolute Gasteiger partial charge is 0.0377 e. The highest BCUT2D eigenvalue weighted by Crippen LogP contribution is 2.21. The summed E-state index contributed by atoms with van der Waals surface area (Å²) in [5, 5.41) is 7.07. The van der Waals surface area contributed by atoms with Crippen molar-refractivity contribution in [3.8, 4) is 0 Å². The topological polar surface area (TPSA) is 24.1 Å². The molecule has 0 spiro atoms. The maximum Gasteiger partial charge on any atom is 0.0377 e. The summed E-state index contributed by atoms with van der Waals surface area (Å²) < 4.78 is 1.12. The molecule has 0 radical (unpaired) electrons. The van der Waals surface area contributed by atoms with Crippen LogP contribution >= 0.6 is 15.9 Å². The molecule has 102 valence electrons. The summed E-state index contributed by atoms with van der Waals surface area (Å²) in [6.07, 6.45) is 0. The second kappa shape index (κ2) is 6.18. The number of rotatable bonds is 5. The molecular formula is C15H25BrN2. The normalized spacial score (nSPS) is 12.8. The first kappa shape index (κ1) is 15.7. The van der Waals surface area contributed by atoms with Gasteiger partial charge in [0.25, 0.3) is 0 Å². The van der Waals surface area contributed by atoms with Crippen molar-refractivity contribution >= 4 is 15.9 Å². The van der Waals surface area contributed by atoms with Crippen LogP contribution in [0, 0.1) is 0 Å². The Bertz CT molecular complexity index is 363. The first-order valence-corrected chi connectivity index (χ1v) is 7.26. The molecule has 0 unspecified atom stereocenters. The molecule has 0 saturated heterocycles. The Morgan fingerprint density at radius 3 is 1.89 bits per heavy atom. The Morgan fingerprint density at radius 1 is 0.889 bits per heavy atom. The lowest BCUT2D eigenvalue weighted by Crippen LogP contribution is -2.44. The van der Waals surface area contributed by atoms with E-state index in [4.69, 9.17) is 0 Å². The van der Waals surface area contributed by atoms with E-state index in [1.54, 1.807) is 0 Å². The standard InChI is InChI=1S/C15H25BrN2/c1-14(2,3)17-10-11-18-15(4,5)12-6-8-13(16)9-7-12/h6-9,17-18H,10-11H2,1-5H3. The monoisotopic (exact) mass is 312 g/mol. The van der Waals surface area contributed by atoms with Crippen molar-refractivity contribution in [2.24, 2.45) is 0 Å². The van der Waals surface area contributed by atoms with Crippen molar-refractivity contribution in [2.45, 2.75) is 45.7 Å². The summed E-state index contributed by atoms with van der Waals surface area (Å²) in [4.78, 5) is 0. The van der Waals surface area contributed by atoms with Gasteiger partial charge in [-0.3, -0.25) is 0 Å². The van der Waals surface area contributed by atoms with Crippen molar-refractivity contribution in [2.75, 3.05) is 13.1 Å². The number of benzene rings is 1. The number of hydrogen-bond acceptors (Lipinski definition) is 2. The molecule has 3 heteroatoms. The lowest BCUT2D eigenvalue weighted by Gasteiger charge is -2.28. The zero-order valence-corrected chi connectivity index (χ0v) is 13.7. The van der Waals surface area contributed by atoms with E-state index in [0.717, 1.165) is 17.6 Å². The van der Waals surface area contributed by atoms with Crippen molar-refractivity contribution in [3.05, 3.63) is 34.3 Å². The van der Waals surface area contributed by atoms with Gasteiger partial charge in [0.1, 0.15) is 0 Å². The molecule has 1 rings (SSSR count). The van der Waals surface area contributed by atoms with Crippen LogP contribution in [0.25, 0.3) is 0 Å². The van der Waals surface area contributed by atoms with Crippen LogP contribution in [-0.4, -0.2) is 18.6 Å². The van der Waals surface area contributed by atoms with Crippen molar-refractivity contribution in [1.29, 1.82) is 0 Å². The van der Waals surface area contributed by atoms with Gasteiger partial charge in [-0.1, -0.05) is 28.1 Å². The van der Waals surface area contributed by atoms with Crippen LogP contribution < -0.4 is 10.6 Å². The minimum Gasteiger partial charge on any atom is -0.311 e. The highest BCUT2D eigenvalue weighted by molar-refractivity contribution is 9.10. The summed E-state index contributed by atoms with van der Waals surface area (Å²) in [6.45, 7) is 12.9. The summed E-state index contributed by atoms with van der Waals surface area (Å²) in [6, 6.07) is 8.50. The second-order valence-corrected chi connectivity index (χ2v) is 7.15. The second-order valence-electron chi connectivity index (χ2n) is 6.24. The maximum atomic E-state index is 3.59. The maximum absolute atomic E-state index is 3.59. The predicted molar refractivity (Wildman–Crippen MR) is 82.9 cm³/mol. The van der Waals surface area contributed by atoms with Gasteiger partial charge in [0, 0.05) is 28.6 Å². The minimum atomic E-state index is 0.000262. The Labute approximate surface area is 120 Å². The fourth-order valence-electron chi connectivity index (χ4n) is 1.78. The van der Waals surface area contributed by atoms with Crippen molar-refractivity contribution < 1.29 is 0 Å². The van der Waals surface area contributed by atoms with E-state index in [1.165, 1.54) is 5.56 Å². The van der Waals surface area contributed by atoms with E-state index in [2.05, 4.69) is 85.4 Å². The van der Waals surface area contributed by atoms with E-state index < -0.39 is 0 Å². The highest BCUT2D eigenvalue weighted by atomic mass is 79.9. The van der Waals surface area contributed by atoms with Crippen LogP contribution in [0.3, 0.4) is 0 Å². The molecule has 0 saturated carbocycles. The third-order valence-electron chi connectivity index (χ3n) is 2.91. The molecule has 2 nitrogen and oxygen atoms in total. The quantitative estimate of drug-likeness (QED) is 0.811. The molecule has 0 aliphatic heterocycles. The Balaban J connectivity index is 2.47. The molecule has 18 heavy (non-hydrogen) atoms. The molecule has 0 atom stereocenters. The zero-order chi connectivity index (χ0) is 13.8. The van der Waals surface area contributed by atoms with E-state index in [-0.39, 0.29) is 11.1 Å². The summed E-state index contributed by atoms with van der Waals surface area (Å²) in [5.74, 6) is 0. The van der Waals surface area contributed by atoms with Crippen molar-refractivity contribution in [3.63, 3.8) is 0 Å². The minimum absolute atomic E-state index is 0.000262. The van der Waals surface area contributed by atoms with Gasteiger partial charge in [0.15, 0.2) is 0 Å². The van der Waals surface area contributed by atoms with Gasteiger partial charge in [-0.2, -0.15) is 0 Å². The lowest BCUT2D eigenvalue weighted by atomic mass is 9.94. The fourth-order valence-corrected chi connectivity index (χ4v) is 2.05. The Morgan fingerprint density at radius 2 is 1.39 bits per heavy atom. The number of nitrogens with one attached hydrogen (secondary N) is 2. The van der Waals surface area contributed by atoms with E-state index in [9.17, 15) is 0 Å². The highest BCUT2D eigenvalue weighted by Gasteiger charge is 2.19. The molecule has 1 aromatic rings. The molecule has 0 aliphatic carbocycles. The summed E-state index contributed by atoms with van der Waals surface area (Å²) in [5.41, 5.74) is 1.49. The average molecular weight is 313 g/mol. The number of halogens is 1. The fraction of sp³-hybridized carbons (Fsp3) is 0.600. The zero-order valence-electron chi connectivity index (χ0n) is 12.1. The molecule has 0 fully saturated rings. The van der Waals surface area contributed by atoms with Gasteiger partial charge in [0.2, 0.25) is 0 Å².